The van der Waals surface area contributed by atoms with E-state index in [2.05, 4.69) is 10.9 Å². The first-order valence-electron chi connectivity index (χ1n) is 13.0. The molecule has 0 spiro atoms. The molecule has 0 aliphatic rings. The highest BCUT2D eigenvalue weighted by atomic mass is 16.2. The molecule has 0 saturated heterocycles. The molecule has 3 aromatic rings. The standard InChI is InChI=1S/C30H36N6O4/c31-17-23-1-9-27(10-2-23)21-35(29(39)13-15-37)33-19-25-5-7-26(8-6-25)20-34-36(30(40)14-16-38)22-28-11-3-24(18-32)4-12-28/h1-12,15-16,33-34H,13-14,17-22,31-32H2. The van der Waals surface area contributed by atoms with Gasteiger partial charge in [0.2, 0.25) is 11.8 Å². The summed E-state index contributed by atoms with van der Waals surface area (Å²) in [5.41, 5.74) is 23.2. The smallest absolute Gasteiger partial charge is 0.244 e. The predicted octanol–water partition coefficient (Wildman–Crippen LogP) is 1.85. The zero-order chi connectivity index (χ0) is 28.7. The van der Waals surface area contributed by atoms with Gasteiger partial charge in [-0.1, -0.05) is 72.8 Å². The van der Waals surface area contributed by atoms with E-state index in [0.29, 0.717) is 51.8 Å². The SMILES string of the molecule is NCc1ccc(CN(NCc2ccc(CNN(Cc3ccc(CN)cc3)C(=O)CC=O)cc2)C(=O)CC=O)cc1. The molecule has 3 rings (SSSR count). The lowest BCUT2D eigenvalue weighted by Crippen LogP contribution is -2.42. The van der Waals surface area contributed by atoms with E-state index in [1.165, 1.54) is 10.0 Å². The molecule has 0 fully saturated rings. The van der Waals surface area contributed by atoms with Crippen LogP contribution in [-0.2, 0) is 58.4 Å². The number of carbonyl (C=O) groups is 4. The van der Waals surface area contributed by atoms with Crippen molar-refractivity contribution in [2.45, 2.75) is 52.1 Å². The summed E-state index contributed by atoms with van der Waals surface area (Å²) >= 11 is 0. The molecule has 0 atom stereocenters. The van der Waals surface area contributed by atoms with Gasteiger partial charge in [0, 0.05) is 26.2 Å². The minimum Gasteiger partial charge on any atom is -0.326 e. The van der Waals surface area contributed by atoms with Crippen molar-refractivity contribution in [3.05, 3.63) is 106 Å². The fourth-order valence-electron chi connectivity index (χ4n) is 3.90. The van der Waals surface area contributed by atoms with E-state index in [0.717, 1.165) is 33.4 Å². The number of rotatable bonds is 16. The maximum absolute atomic E-state index is 12.5. The highest BCUT2D eigenvalue weighted by Crippen LogP contribution is 2.11. The Bertz CT molecular complexity index is 1150. The molecule has 0 aliphatic carbocycles. The summed E-state index contributed by atoms with van der Waals surface area (Å²) in [5, 5.41) is 2.88. The third kappa shape index (κ3) is 9.51. The quantitative estimate of drug-likeness (QED) is 0.121. The fourth-order valence-corrected chi connectivity index (χ4v) is 3.90. The van der Waals surface area contributed by atoms with Gasteiger partial charge >= 0.3 is 0 Å². The number of nitrogens with one attached hydrogen (secondary N) is 2. The van der Waals surface area contributed by atoms with E-state index < -0.39 is 0 Å². The minimum absolute atomic E-state index is 0.213. The van der Waals surface area contributed by atoms with Crippen LogP contribution >= 0.6 is 0 Å². The predicted molar refractivity (Wildman–Crippen MR) is 151 cm³/mol. The molecule has 2 amide bonds. The number of amides is 2. The van der Waals surface area contributed by atoms with Crippen LogP contribution < -0.4 is 22.3 Å². The second-order valence-corrected chi connectivity index (χ2v) is 9.23. The number of nitrogens with zero attached hydrogens (tertiary/aromatic N) is 2. The molecule has 210 valence electrons. The molecular formula is C30H36N6O4. The monoisotopic (exact) mass is 544 g/mol. The maximum atomic E-state index is 12.5. The topological polar surface area (TPSA) is 151 Å². The van der Waals surface area contributed by atoms with Crippen molar-refractivity contribution in [3.63, 3.8) is 0 Å². The Morgan fingerprint density at radius 1 is 0.550 bits per heavy atom. The Labute approximate surface area is 234 Å². The molecule has 0 saturated carbocycles. The zero-order valence-electron chi connectivity index (χ0n) is 22.4. The van der Waals surface area contributed by atoms with E-state index >= 15 is 0 Å². The molecular weight excluding hydrogens is 508 g/mol. The van der Waals surface area contributed by atoms with Crippen molar-refractivity contribution in [1.29, 1.82) is 0 Å². The first-order chi connectivity index (χ1) is 19.4. The van der Waals surface area contributed by atoms with E-state index in [4.69, 9.17) is 11.5 Å². The molecule has 0 heterocycles. The number of hydrogen-bond acceptors (Lipinski definition) is 8. The Hall–Kier alpha value is -4.22. The lowest BCUT2D eigenvalue weighted by atomic mass is 10.1. The Morgan fingerprint density at radius 3 is 1.15 bits per heavy atom. The van der Waals surface area contributed by atoms with Crippen LogP contribution in [0.2, 0.25) is 0 Å². The highest BCUT2D eigenvalue weighted by Gasteiger charge is 2.15. The van der Waals surface area contributed by atoms with Crippen molar-refractivity contribution in [2.75, 3.05) is 0 Å². The number of nitrogens with two attached hydrogens (primary N) is 2. The lowest BCUT2D eigenvalue weighted by Gasteiger charge is -2.24. The molecule has 0 bridgehead atoms. The van der Waals surface area contributed by atoms with Gasteiger partial charge in [-0.2, -0.15) is 0 Å². The Balaban J connectivity index is 1.59. The van der Waals surface area contributed by atoms with Crippen molar-refractivity contribution in [3.8, 4) is 0 Å². The Kier molecular flexibility index (Phi) is 12.1. The van der Waals surface area contributed by atoms with Crippen molar-refractivity contribution >= 4 is 24.4 Å². The molecule has 0 aliphatic heterocycles. The molecule has 40 heavy (non-hydrogen) atoms. The van der Waals surface area contributed by atoms with Crippen LogP contribution in [0.1, 0.15) is 46.2 Å². The fraction of sp³-hybridized carbons (Fsp3) is 0.267. The van der Waals surface area contributed by atoms with Gasteiger partial charge < -0.3 is 21.1 Å². The second kappa shape index (κ2) is 16.0. The van der Waals surface area contributed by atoms with Crippen LogP contribution in [0.5, 0.6) is 0 Å². The van der Waals surface area contributed by atoms with Crippen molar-refractivity contribution in [2.24, 2.45) is 11.5 Å². The van der Waals surface area contributed by atoms with Crippen LogP contribution in [-0.4, -0.2) is 34.4 Å². The maximum Gasteiger partial charge on any atom is 0.244 e. The summed E-state index contributed by atoms with van der Waals surface area (Å²) in [6.45, 7) is 2.24. The first-order valence-corrected chi connectivity index (χ1v) is 13.0. The summed E-state index contributed by atoms with van der Waals surface area (Å²) < 4.78 is 0. The summed E-state index contributed by atoms with van der Waals surface area (Å²) in [4.78, 5) is 46.9. The van der Waals surface area contributed by atoms with Gasteiger partial charge in [-0.15, -0.1) is 0 Å². The zero-order valence-corrected chi connectivity index (χ0v) is 22.4. The van der Waals surface area contributed by atoms with Gasteiger partial charge in [0.05, 0.1) is 25.9 Å². The van der Waals surface area contributed by atoms with Crippen LogP contribution in [0, 0.1) is 0 Å². The number of carbonyl (C=O) groups excluding carboxylic acids is 4. The van der Waals surface area contributed by atoms with Crippen LogP contribution in [0.4, 0.5) is 0 Å². The largest absolute Gasteiger partial charge is 0.326 e. The number of aldehydes is 2. The highest BCUT2D eigenvalue weighted by molar-refractivity contribution is 5.88. The van der Waals surface area contributed by atoms with Crippen LogP contribution in [0.15, 0.2) is 72.8 Å². The molecule has 6 N–H and O–H groups in total. The van der Waals surface area contributed by atoms with Gasteiger partial charge in [-0.25, -0.2) is 10.9 Å². The third-order valence-electron chi connectivity index (χ3n) is 6.29. The summed E-state index contributed by atoms with van der Waals surface area (Å²) in [5.74, 6) is -0.645. The molecule has 0 radical (unpaired) electrons. The lowest BCUT2D eigenvalue weighted by molar-refractivity contribution is -0.138. The number of benzene rings is 3. The van der Waals surface area contributed by atoms with E-state index in [1.54, 1.807) is 0 Å². The van der Waals surface area contributed by atoms with Crippen molar-refractivity contribution < 1.29 is 19.2 Å². The van der Waals surface area contributed by atoms with Crippen LogP contribution in [0.3, 0.4) is 0 Å². The average Bonchev–Trinajstić information content (AvgIpc) is 2.98. The normalized spacial score (nSPS) is 10.7. The third-order valence-corrected chi connectivity index (χ3v) is 6.29. The molecule has 3 aromatic carbocycles. The molecule has 0 unspecified atom stereocenters. The number of hydrogen-bond donors (Lipinski definition) is 4. The molecule has 10 nitrogen and oxygen atoms in total. The minimum atomic E-state index is -0.323. The van der Waals surface area contributed by atoms with Gasteiger partial charge in [0.1, 0.15) is 12.6 Å². The average molecular weight is 545 g/mol. The summed E-state index contributed by atoms with van der Waals surface area (Å²) in [6.07, 6.45) is 0.757. The summed E-state index contributed by atoms with van der Waals surface area (Å²) in [7, 11) is 0. The number of hydrazine groups is 2. The van der Waals surface area contributed by atoms with Crippen LogP contribution in [0.25, 0.3) is 0 Å². The summed E-state index contributed by atoms with van der Waals surface area (Å²) in [6, 6.07) is 23.0. The second-order valence-electron chi connectivity index (χ2n) is 9.23. The van der Waals surface area contributed by atoms with E-state index in [9.17, 15) is 19.2 Å². The molecule has 10 heteroatoms. The Morgan fingerprint density at radius 2 is 0.850 bits per heavy atom. The van der Waals surface area contributed by atoms with Gasteiger partial charge in [0.25, 0.3) is 0 Å². The van der Waals surface area contributed by atoms with Gasteiger partial charge in [0.15, 0.2) is 0 Å². The molecule has 0 aromatic heterocycles. The van der Waals surface area contributed by atoms with E-state index in [1.807, 2.05) is 72.8 Å². The van der Waals surface area contributed by atoms with Gasteiger partial charge in [-0.3, -0.25) is 19.6 Å². The van der Waals surface area contributed by atoms with Gasteiger partial charge in [-0.05, 0) is 33.4 Å². The van der Waals surface area contributed by atoms with Crippen molar-refractivity contribution in [1.82, 2.24) is 20.9 Å². The van der Waals surface area contributed by atoms with E-state index in [-0.39, 0.29) is 24.7 Å². The first kappa shape index (κ1) is 30.3.